The summed E-state index contributed by atoms with van der Waals surface area (Å²) in [6, 6.07) is 0. The Morgan fingerprint density at radius 3 is 1.23 bits per heavy atom. The smallest absolute Gasteiger partial charge is 1.00 e. The molecule has 0 fully saturated rings. The van der Waals surface area contributed by atoms with E-state index in [0.717, 1.165) is 0 Å². The summed E-state index contributed by atoms with van der Waals surface area (Å²) in [5.74, 6) is -3.74. The molecule has 0 aliphatic carbocycles. The predicted octanol–water partition coefficient (Wildman–Crippen LogP) is 4.95. The van der Waals surface area contributed by atoms with Crippen molar-refractivity contribution >= 4 is 60.8 Å². The molecule has 130 valence electrons. The first-order valence-electron chi connectivity index (χ1n) is 8.46. The number of unbranched alkanes of at least 4 members (excludes halogenated alkanes) is 8. The van der Waals surface area contributed by atoms with Crippen LogP contribution in [0.2, 0.25) is 0 Å². The second kappa shape index (κ2) is 21.5. The van der Waals surface area contributed by atoms with Gasteiger partial charge in [0.25, 0.3) is 0 Å². The molecule has 0 heterocycles. The fourth-order valence-electron chi connectivity index (χ4n) is 2.03. The van der Waals surface area contributed by atoms with E-state index in [4.69, 9.17) is 10.2 Å². The molecule has 0 radical (unpaired) electrons. The summed E-state index contributed by atoms with van der Waals surface area (Å²) in [4.78, 5) is 20.3. The molecule has 5 heteroatoms. The topological polar surface area (TPSA) is 74.6 Å². The Bertz CT molecular complexity index is 245. The summed E-state index contributed by atoms with van der Waals surface area (Å²) in [7, 11) is 0. The van der Waals surface area contributed by atoms with Crippen molar-refractivity contribution in [1.29, 1.82) is 0 Å². The fraction of sp³-hybridized carbons (Fsp3) is 0.882. The summed E-state index contributed by atoms with van der Waals surface area (Å²) in [6.07, 6.45) is 13.7. The standard InChI is InChI=1S/C11H24.C6H10O4.Ba.2H/c1-3-5-7-9-11-10-8-6-4-2;1-2-3-4(5(7)8)6(9)10;;;/h3-11H2,1-2H3;4H,2-3H2,1H3,(H,7,8)(H,9,10);;;/q;;+2;2*-1. The number of rotatable bonds is 12. The van der Waals surface area contributed by atoms with Gasteiger partial charge in [-0.3, -0.25) is 9.59 Å². The van der Waals surface area contributed by atoms with E-state index in [1.807, 2.05) is 0 Å². The van der Waals surface area contributed by atoms with Crippen molar-refractivity contribution in [3.05, 3.63) is 0 Å². The molecule has 0 unspecified atom stereocenters. The first-order valence-corrected chi connectivity index (χ1v) is 8.46. The van der Waals surface area contributed by atoms with Gasteiger partial charge in [-0.15, -0.1) is 0 Å². The quantitative estimate of drug-likeness (QED) is 0.255. The Labute approximate surface area is 179 Å². The van der Waals surface area contributed by atoms with Crippen LogP contribution in [0.1, 0.15) is 94.3 Å². The summed E-state index contributed by atoms with van der Waals surface area (Å²) in [5, 5.41) is 16.6. The van der Waals surface area contributed by atoms with Crippen LogP contribution in [0.4, 0.5) is 0 Å². The minimum absolute atomic E-state index is 0. The van der Waals surface area contributed by atoms with Gasteiger partial charge in [-0.05, 0) is 6.42 Å². The van der Waals surface area contributed by atoms with Crippen LogP contribution in [0.3, 0.4) is 0 Å². The van der Waals surface area contributed by atoms with Gasteiger partial charge in [0, 0.05) is 0 Å². The molecule has 2 N–H and O–H groups in total. The zero-order valence-electron chi connectivity index (χ0n) is 16.8. The van der Waals surface area contributed by atoms with Crippen LogP contribution in [0.15, 0.2) is 0 Å². The Hall–Kier alpha value is 0.511. The van der Waals surface area contributed by atoms with Crippen molar-refractivity contribution in [3.8, 4) is 0 Å². The van der Waals surface area contributed by atoms with E-state index in [1.54, 1.807) is 6.92 Å². The van der Waals surface area contributed by atoms with Gasteiger partial charge in [0.05, 0.1) is 0 Å². The predicted molar refractivity (Wildman–Crippen MR) is 94.5 cm³/mol. The zero-order chi connectivity index (χ0) is 16.5. The van der Waals surface area contributed by atoms with Gasteiger partial charge in [-0.1, -0.05) is 85.0 Å². The molecular formula is C17H36BaO4. The van der Waals surface area contributed by atoms with Crippen molar-refractivity contribution in [2.24, 2.45) is 5.92 Å². The molecule has 0 aromatic rings. The molecule has 0 amide bonds. The van der Waals surface area contributed by atoms with E-state index in [2.05, 4.69) is 13.8 Å². The van der Waals surface area contributed by atoms with Crippen LogP contribution in [-0.2, 0) is 9.59 Å². The zero-order valence-corrected chi connectivity index (χ0v) is 19.2. The van der Waals surface area contributed by atoms with E-state index in [9.17, 15) is 9.59 Å². The first-order chi connectivity index (χ1) is 10.0. The molecule has 0 spiro atoms. The van der Waals surface area contributed by atoms with Crippen LogP contribution >= 0.6 is 0 Å². The Morgan fingerprint density at radius 2 is 1.05 bits per heavy atom. The van der Waals surface area contributed by atoms with Gasteiger partial charge in [-0.2, -0.15) is 0 Å². The van der Waals surface area contributed by atoms with Crippen LogP contribution in [0, 0.1) is 5.92 Å². The molecular weight excluding hydrogens is 406 g/mol. The third-order valence-corrected chi connectivity index (χ3v) is 3.38. The normalized spacial score (nSPS) is 9.64. The van der Waals surface area contributed by atoms with Crippen LogP contribution in [-0.4, -0.2) is 71.0 Å². The van der Waals surface area contributed by atoms with Crippen molar-refractivity contribution < 1.29 is 22.7 Å². The summed E-state index contributed by atoms with van der Waals surface area (Å²) >= 11 is 0. The number of hydrogen-bond acceptors (Lipinski definition) is 2. The third kappa shape index (κ3) is 20.5. The van der Waals surface area contributed by atoms with Crippen LogP contribution < -0.4 is 0 Å². The molecule has 0 saturated carbocycles. The summed E-state index contributed by atoms with van der Waals surface area (Å²) in [5.41, 5.74) is 0. The molecule has 0 aromatic heterocycles. The molecule has 22 heavy (non-hydrogen) atoms. The first kappa shape index (κ1) is 27.4. The van der Waals surface area contributed by atoms with Gasteiger partial charge in [0.2, 0.25) is 0 Å². The van der Waals surface area contributed by atoms with Gasteiger partial charge in [-0.25, -0.2) is 0 Å². The molecule has 0 aromatic carbocycles. The Balaban J connectivity index is -0.0000000894. The monoisotopic (exact) mass is 442 g/mol. The molecule has 0 saturated heterocycles. The number of hydrogen-bond donors (Lipinski definition) is 2. The van der Waals surface area contributed by atoms with E-state index < -0.39 is 17.9 Å². The third-order valence-electron chi connectivity index (χ3n) is 3.38. The van der Waals surface area contributed by atoms with Crippen molar-refractivity contribution in [3.63, 3.8) is 0 Å². The molecule has 0 bridgehead atoms. The Morgan fingerprint density at radius 1 is 0.727 bits per heavy atom. The van der Waals surface area contributed by atoms with Crippen molar-refractivity contribution in [2.45, 2.75) is 91.4 Å². The van der Waals surface area contributed by atoms with Crippen LogP contribution in [0.5, 0.6) is 0 Å². The van der Waals surface area contributed by atoms with Gasteiger partial charge in [0.15, 0.2) is 5.92 Å². The average molecular weight is 442 g/mol. The van der Waals surface area contributed by atoms with E-state index in [0.29, 0.717) is 6.42 Å². The summed E-state index contributed by atoms with van der Waals surface area (Å²) in [6.45, 7) is 6.30. The molecule has 4 nitrogen and oxygen atoms in total. The molecule has 0 aliphatic heterocycles. The van der Waals surface area contributed by atoms with E-state index in [1.165, 1.54) is 57.8 Å². The number of aliphatic carboxylic acids is 2. The molecule has 0 aliphatic rings. The van der Waals surface area contributed by atoms with Gasteiger partial charge >= 0.3 is 60.8 Å². The maximum Gasteiger partial charge on any atom is 2.00 e. The van der Waals surface area contributed by atoms with Crippen molar-refractivity contribution in [2.75, 3.05) is 0 Å². The van der Waals surface area contributed by atoms with E-state index in [-0.39, 0.29) is 58.2 Å². The van der Waals surface area contributed by atoms with Gasteiger partial charge in [0.1, 0.15) is 0 Å². The van der Waals surface area contributed by atoms with E-state index >= 15 is 0 Å². The largest absolute Gasteiger partial charge is 2.00 e. The number of carbonyl (C=O) groups is 2. The molecule has 0 atom stereocenters. The van der Waals surface area contributed by atoms with Gasteiger partial charge < -0.3 is 13.1 Å². The summed E-state index contributed by atoms with van der Waals surface area (Å²) < 4.78 is 0. The minimum atomic E-state index is -1.26. The maximum absolute atomic E-state index is 10.2. The average Bonchev–Trinajstić information content (AvgIpc) is 2.44. The van der Waals surface area contributed by atoms with Crippen LogP contribution in [0.25, 0.3) is 0 Å². The molecule has 0 rings (SSSR count). The number of carboxylic acids is 2. The fourth-order valence-corrected chi connectivity index (χ4v) is 2.03. The number of carboxylic acid groups (broad SMARTS) is 2. The maximum atomic E-state index is 10.2. The van der Waals surface area contributed by atoms with Crippen molar-refractivity contribution in [1.82, 2.24) is 0 Å². The second-order valence-electron chi connectivity index (χ2n) is 5.49. The SMILES string of the molecule is CCCC(C(=O)O)C(=O)O.CCCCCCCCCCC.[Ba+2].[H-].[H-]. The Kier molecular flexibility index (Phi) is 26.8. The second-order valence-corrected chi connectivity index (χ2v) is 5.49. The minimum Gasteiger partial charge on any atom is -1.00 e.